The van der Waals surface area contributed by atoms with Crippen LogP contribution in [0.2, 0.25) is 0 Å². The van der Waals surface area contributed by atoms with E-state index in [9.17, 15) is 0 Å². The maximum atomic E-state index is 5.47. The minimum atomic E-state index is 0.256. The van der Waals surface area contributed by atoms with Crippen LogP contribution >= 0.6 is 0 Å². The molecule has 0 saturated heterocycles. The van der Waals surface area contributed by atoms with Gasteiger partial charge in [-0.15, -0.1) is 0 Å². The van der Waals surface area contributed by atoms with Gasteiger partial charge in [0, 0.05) is 0 Å². The Hall–Kier alpha value is -0.720. The average Bonchev–Trinajstić information content (AvgIpc) is 2.06. The molecule has 1 nitrogen and oxygen atoms in total. The molecule has 0 spiro atoms. The van der Waals surface area contributed by atoms with Crippen molar-refractivity contribution in [3.05, 3.63) is 24.5 Å². The van der Waals surface area contributed by atoms with E-state index in [1.165, 1.54) is 12.0 Å². The first kappa shape index (κ1) is 9.37. The van der Waals surface area contributed by atoms with Gasteiger partial charge in [-0.25, -0.2) is 0 Å². The van der Waals surface area contributed by atoms with E-state index in [-0.39, 0.29) is 6.10 Å². The van der Waals surface area contributed by atoms with Gasteiger partial charge in [-0.05, 0) is 30.8 Å². The van der Waals surface area contributed by atoms with Crippen LogP contribution in [0, 0.1) is 11.8 Å². The van der Waals surface area contributed by atoms with Gasteiger partial charge in [0.25, 0.3) is 0 Å². The molecular weight excluding hydrogens is 148 g/mol. The lowest BCUT2D eigenvalue weighted by atomic mass is 9.80. The van der Waals surface area contributed by atoms with Crippen LogP contribution in [0.25, 0.3) is 0 Å². The molecule has 0 aromatic heterocycles. The molecule has 0 aliphatic heterocycles. The molecule has 0 N–H and O–H groups in total. The summed E-state index contributed by atoms with van der Waals surface area (Å²) in [6.07, 6.45) is 5.27. The third-order valence-electron chi connectivity index (χ3n) is 2.88. The molecule has 0 aromatic rings. The minimum Gasteiger partial charge on any atom is -0.494 e. The third-order valence-corrected chi connectivity index (χ3v) is 2.88. The number of hydrogen-bond acceptors (Lipinski definition) is 1. The number of rotatable bonds is 2. The van der Waals surface area contributed by atoms with E-state index < -0.39 is 0 Å². The maximum absolute atomic E-state index is 5.47. The van der Waals surface area contributed by atoms with Crippen molar-refractivity contribution in [2.45, 2.75) is 33.3 Å². The van der Waals surface area contributed by atoms with Gasteiger partial charge in [0.1, 0.15) is 6.10 Å². The topological polar surface area (TPSA) is 9.23 Å². The molecule has 3 atom stereocenters. The summed E-state index contributed by atoms with van der Waals surface area (Å²) in [6.45, 7) is 10.3. The highest BCUT2D eigenvalue weighted by atomic mass is 16.5. The molecule has 0 radical (unpaired) electrons. The minimum absolute atomic E-state index is 0.256. The summed E-state index contributed by atoms with van der Waals surface area (Å²) in [5, 5.41) is 0. The molecule has 1 aliphatic rings. The number of allylic oxidation sites excluding steroid dienone is 1. The quantitative estimate of drug-likeness (QED) is 0.452. The molecule has 12 heavy (non-hydrogen) atoms. The highest BCUT2D eigenvalue weighted by molar-refractivity contribution is 5.12. The normalized spacial score (nSPS) is 35.6. The lowest BCUT2D eigenvalue weighted by Crippen LogP contribution is -2.29. The molecule has 0 heterocycles. The van der Waals surface area contributed by atoms with Crippen molar-refractivity contribution < 1.29 is 4.74 Å². The summed E-state index contributed by atoms with van der Waals surface area (Å²) in [5.41, 5.74) is 1.35. The zero-order valence-corrected chi connectivity index (χ0v) is 8.21. The highest BCUT2D eigenvalue weighted by Crippen LogP contribution is 2.31. The monoisotopic (exact) mass is 166 g/mol. The van der Waals surface area contributed by atoms with Crippen molar-refractivity contribution in [3.63, 3.8) is 0 Å². The van der Waals surface area contributed by atoms with Crippen molar-refractivity contribution in [1.82, 2.24) is 0 Å². The predicted molar refractivity (Wildman–Crippen MR) is 51.8 cm³/mol. The van der Waals surface area contributed by atoms with E-state index >= 15 is 0 Å². The maximum Gasteiger partial charge on any atom is 0.121 e. The average molecular weight is 166 g/mol. The van der Waals surface area contributed by atoms with Gasteiger partial charge in [-0.1, -0.05) is 26.5 Å². The van der Waals surface area contributed by atoms with Crippen molar-refractivity contribution in [2.75, 3.05) is 0 Å². The van der Waals surface area contributed by atoms with Crippen molar-refractivity contribution in [2.24, 2.45) is 11.8 Å². The van der Waals surface area contributed by atoms with Gasteiger partial charge in [0.2, 0.25) is 0 Å². The fourth-order valence-corrected chi connectivity index (χ4v) is 1.75. The van der Waals surface area contributed by atoms with Crippen LogP contribution in [0.3, 0.4) is 0 Å². The van der Waals surface area contributed by atoms with E-state index in [0.717, 1.165) is 5.92 Å². The van der Waals surface area contributed by atoms with E-state index in [2.05, 4.69) is 33.4 Å². The smallest absolute Gasteiger partial charge is 0.121 e. The molecule has 0 saturated carbocycles. The Morgan fingerprint density at radius 3 is 2.83 bits per heavy atom. The highest BCUT2D eigenvalue weighted by Gasteiger charge is 2.27. The van der Waals surface area contributed by atoms with Gasteiger partial charge in [-0.3, -0.25) is 0 Å². The first-order valence-electron chi connectivity index (χ1n) is 4.59. The van der Waals surface area contributed by atoms with Crippen molar-refractivity contribution in [3.8, 4) is 0 Å². The Morgan fingerprint density at radius 2 is 2.25 bits per heavy atom. The summed E-state index contributed by atoms with van der Waals surface area (Å²) in [6, 6.07) is 0. The second kappa shape index (κ2) is 3.79. The molecule has 0 bridgehead atoms. The lowest BCUT2D eigenvalue weighted by Gasteiger charge is -2.32. The molecule has 1 aliphatic carbocycles. The van der Waals surface area contributed by atoms with Crippen LogP contribution in [-0.4, -0.2) is 6.10 Å². The summed E-state index contributed by atoms with van der Waals surface area (Å²) in [5.74, 6) is 1.33. The molecule has 0 unspecified atom stereocenters. The number of hydrogen-bond donors (Lipinski definition) is 0. The predicted octanol–water partition coefficient (Wildman–Crippen LogP) is 3.14. The largest absolute Gasteiger partial charge is 0.494 e. The molecule has 1 rings (SSSR count). The van der Waals surface area contributed by atoms with Crippen LogP contribution in [0.15, 0.2) is 24.5 Å². The Bertz CT molecular complexity index is 193. The molecule has 0 aromatic carbocycles. The molecule has 1 heteroatoms. The zero-order chi connectivity index (χ0) is 9.14. The summed E-state index contributed by atoms with van der Waals surface area (Å²) in [7, 11) is 0. The Morgan fingerprint density at radius 1 is 1.58 bits per heavy atom. The first-order valence-corrected chi connectivity index (χ1v) is 4.59. The molecule has 68 valence electrons. The first-order chi connectivity index (χ1) is 5.66. The Kier molecular flexibility index (Phi) is 2.96. The van der Waals surface area contributed by atoms with Gasteiger partial charge in [0.05, 0.1) is 6.26 Å². The van der Waals surface area contributed by atoms with Crippen LogP contribution in [0.5, 0.6) is 0 Å². The third kappa shape index (κ3) is 1.71. The fraction of sp³-hybridized carbons (Fsp3) is 0.636. The second-order valence-corrected chi connectivity index (χ2v) is 3.74. The zero-order valence-electron chi connectivity index (χ0n) is 8.21. The summed E-state index contributed by atoms with van der Waals surface area (Å²) in [4.78, 5) is 0. The van der Waals surface area contributed by atoms with Crippen LogP contribution in [0.4, 0.5) is 0 Å². The van der Waals surface area contributed by atoms with Gasteiger partial charge in [0.15, 0.2) is 0 Å². The molecule has 0 fully saturated rings. The van der Waals surface area contributed by atoms with E-state index in [1.54, 1.807) is 6.26 Å². The van der Waals surface area contributed by atoms with Crippen LogP contribution in [-0.2, 0) is 4.74 Å². The van der Waals surface area contributed by atoms with Crippen LogP contribution < -0.4 is 0 Å². The molecule has 0 amide bonds. The van der Waals surface area contributed by atoms with Crippen molar-refractivity contribution in [1.29, 1.82) is 0 Å². The van der Waals surface area contributed by atoms with E-state index in [0.29, 0.717) is 5.92 Å². The number of ether oxygens (including phenoxy) is 1. The van der Waals surface area contributed by atoms with E-state index in [1.807, 2.05) is 0 Å². The second-order valence-electron chi connectivity index (χ2n) is 3.74. The lowest BCUT2D eigenvalue weighted by molar-refractivity contribution is 0.0898. The van der Waals surface area contributed by atoms with Crippen LogP contribution in [0.1, 0.15) is 27.2 Å². The summed E-state index contributed by atoms with van der Waals surface area (Å²) < 4.78 is 5.47. The standard InChI is InChI=1S/C11H18O/c1-5-12-11-9(3)7-6-8(2)10(11)4/h5,7-8,10-11H,1,6H2,2-4H3/t8-,10-,11+/m1/s1. The molecular formula is C11H18O. The van der Waals surface area contributed by atoms with E-state index in [4.69, 9.17) is 4.74 Å². The Labute approximate surface area is 75.1 Å². The van der Waals surface area contributed by atoms with Gasteiger partial charge in [-0.2, -0.15) is 0 Å². The van der Waals surface area contributed by atoms with Crippen molar-refractivity contribution >= 4 is 0 Å². The van der Waals surface area contributed by atoms with Gasteiger partial charge >= 0.3 is 0 Å². The fourth-order valence-electron chi connectivity index (χ4n) is 1.75. The van der Waals surface area contributed by atoms with Gasteiger partial charge < -0.3 is 4.74 Å². The SMILES string of the molecule is C=CO[C@H]1C(C)=CC[C@@H](C)[C@H]1C. The Balaban J connectivity index is 2.72. The summed E-state index contributed by atoms with van der Waals surface area (Å²) >= 11 is 0.